The Morgan fingerprint density at radius 1 is 0.857 bits per heavy atom. The van der Waals surface area contributed by atoms with Crippen LogP contribution < -0.4 is 14.8 Å². The van der Waals surface area contributed by atoms with Crippen molar-refractivity contribution in [3.63, 3.8) is 0 Å². The second-order valence-corrected chi connectivity index (χ2v) is 7.66. The van der Waals surface area contributed by atoms with Gasteiger partial charge in [0.05, 0.1) is 19.9 Å². The summed E-state index contributed by atoms with van der Waals surface area (Å²) in [6.45, 7) is 4.46. The first kappa shape index (κ1) is 24.3. The minimum atomic E-state index is 0.0685. The third-order valence-electron chi connectivity index (χ3n) is 5.35. The maximum Gasteiger partial charge on any atom is 0.227 e. The molecule has 0 radical (unpaired) electrons. The third-order valence-corrected chi connectivity index (χ3v) is 5.35. The van der Waals surface area contributed by atoms with E-state index in [1.165, 1.54) is 51.4 Å². The molecule has 0 heterocycles. The first-order valence-electron chi connectivity index (χ1n) is 11.2. The summed E-state index contributed by atoms with van der Waals surface area (Å²) in [5, 5.41) is 3.09. The van der Waals surface area contributed by atoms with E-state index >= 15 is 0 Å². The highest BCUT2D eigenvalue weighted by molar-refractivity contribution is 5.94. The molecule has 0 aliphatic heterocycles. The average molecular weight is 392 g/mol. The van der Waals surface area contributed by atoms with Crippen LogP contribution in [0.25, 0.3) is 0 Å². The monoisotopic (exact) mass is 391 g/mol. The van der Waals surface area contributed by atoms with E-state index in [9.17, 15) is 4.79 Å². The number of anilines is 1. The molecule has 1 aromatic carbocycles. The summed E-state index contributed by atoms with van der Waals surface area (Å²) in [6, 6.07) is 5.50. The lowest BCUT2D eigenvalue weighted by molar-refractivity contribution is -0.120. The van der Waals surface area contributed by atoms with Crippen LogP contribution in [0.2, 0.25) is 0 Å². The highest BCUT2D eigenvalue weighted by Crippen LogP contribution is 2.30. The fourth-order valence-electron chi connectivity index (χ4n) is 3.54. The van der Waals surface area contributed by atoms with Crippen LogP contribution >= 0.6 is 0 Å². The number of carbonyl (C=O) groups is 1. The number of hydrogen-bond acceptors (Lipinski definition) is 3. The minimum absolute atomic E-state index is 0.0685. The Morgan fingerprint density at radius 2 is 1.43 bits per heavy atom. The molecule has 0 saturated carbocycles. The lowest BCUT2D eigenvalue weighted by Crippen LogP contribution is -2.23. The van der Waals surface area contributed by atoms with E-state index in [0.29, 0.717) is 17.2 Å². The number of amides is 1. The molecule has 1 aromatic rings. The van der Waals surface area contributed by atoms with Crippen LogP contribution in [0.15, 0.2) is 18.2 Å². The molecular weight excluding hydrogens is 350 g/mol. The number of rotatable bonds is 16. The van der Waals surface area contributed by atoms with Gasteiger partial charge in [-0.2, -0.15) is 0 Å². The van der Waals surface area contributed by atoms with Gasteiger partial charge in [0.15, 0.2) is 0 Å². The SMILES string of the molecule is CCCCCCCCC(CCCCCC)C(=O)Nc1cc(OC)ccc1OC. The zero-order chi connectivity index (χ0) is 20.6. The number of benzene rings is 1. The molecule has 0 spiro atoms. The zero-order valence-electron chi connectivity index (χ0n) is 18.5. The van der Waals surface area contributed by atoms with Crippen molar-refractivity contribution in [1.29, 1.82) is 0 Å². The second-order valence-electron chi connectivity index (χ2n) is 7.66. The van der Waals surface area contributed by atoms with Crippen LogP contribution in [0.5, 0.6) is 11.5 Å². The molecule has 0 fully saturated rings. The summed E-state index contributed by atoms with van der Waals surface area (Å²) in [4.78, 5) is 13.0. The number of unbranched alkanes of at least 4 members (excludes halogenated alkanes) is 8. The quantitative estimate of drug-likeness (QED) is 0.309. The van der Waals surface area contributed by atoms with Gasteiger partial charge in [0.1, 0.15) is 11.5 Å². The highest BCUT2D eigenvalue weighted by Gasteiger charge is 2.19. The maximum atomic E-state index is 13.0. The van der Waals surface area contributed by atoms with Gasteiger partial charge in [-0.15, -0.1) is 0 Å². The van der Waals surface area contributed by atoms with E-state index in [1.54, 1.807) is 14.2 Å². The van der Waals surface area contributed by atoms with Gasteiger partial charge in [0, 0.05) is 12.0 Å². The molecular formula is C24H41NO3. The molecule has 4 nitrogen and oxygen atoms in total. The van der Waals surface area contributed by atoms with E-state index < -0.39 is 0 Å². The van der Waals surface area contributed by atoms with Crippen molar-refractivity contribution in [1.82, 2.24) is 0 Å². The van der Waals surface area contributed by atoms with Gasteiger partial charge in [-0.1, -0.05) is 78.1 Å². The average Bonchev–Trinajstić information content (AvgIpc) is 2.71. The molecule has 4 heteroatoms. The van der Waals surface area contributed by atoms with Crippen molar-refractivity contribution in [3.8, 4) is 11.5 Å². The lowest BCUT2D eigenvalue weighted by Gasteiger charge is -2.18. The van der Waals surface area contributed by atoms with Gasteiger partial charge in [-0.3, -0.25) is 4.79 Å². The summed E-state index contributed by atoms with van der Waals surface area (Å²) in [5.74, 6) is 1.56. The third kappa shape index (κ3) is 9.48. The van der Waals surface area contributed by atoms with Crippen LogP contribution in [0, 0.1) is 5.92 Å². The van der Waals surface area contributed by atoms with Gasteiger partial charge in [-0.05, 0) is 25.0 Å². The molecule has 0 aliphatic rings. The Kier molecular flexibility index (Phi) is 13.2. The van der Waals surface area contributed by atoms with Gasteiger partial charge >= 0.3 is 0 Å². The fraction of sp³-hybridized carbons (Fsp3) is 0.708. The Hall–Kier alpha value is -1.71. The Morgan fingerprint density at radius 3 is 2.00 bits per heavy atom. The largest absolute Gasteiger partial charge is 0.497 e. The van der Waals surface area contributed by atoms with Crippen molar-refractivity contribution in [3.05, 3.63) is 18.2 Å². The van der Waals surface area contributed by atoms with Crippen molar-refractivity contribution in [2.75, 3.05) is 19.5 Å². The highest BCUT2D eigenvalue weighted by atomic mass is 16.5. The zero-order valence-corrected chi connectivity index (χ0v) is 18.5. The van der Waals surface area contributed by atoms with Gasteiger partial charge in [0.25, 0.3) is 0 Å². The van der Waals surface area contributed by atoms with Crippen LogP contribution in [-0.2, 0) is 4.79 Å². The number of hydrogen-bond donors (Lipinski definition) is 1. The molecule has 1 unspecified atom stereocenters. The van der Waals surface area contributed by atoms with Crippen LogP contribution in [0.1, 0.15) is 90.9 Å². The van der Waals surface area contributed by atoms with Crippen LogP contribution in [0.4, 0.5) is 5.69 Å². The lowest BCUT2D eigenvalue weighted by atomic mass is 9.93. The van der Waals surface area contributed by atoms with E-state index in [2.05, 4.69) is 19.2 Å². The molecule has 1 amide bonds. The molecule has 160 valence electrons. The number of methoxy groups -OCH3 is 2. The number of ether oxygens (including phenoxy) is 2. The van der Waals surface area contributed by atoms with Gasteiger partial charge in [-0.25, -0.2) is 0 Å². The fourth-order valence-corrected chi connectivity index (χ4v) is 3.54. The van der Waals surface area contributed by atoms with E-state index in [0.717, 1.165) is 25.7 Å². The first-order chi connectivity index (χ1) is 13.7. The number of carbonyl (C=O) groups excluding carboxylic acids is 1. The molecule has 0 aromatic heterocycles. The molecule has 0 saturated heterocycles. The molecule has 0 aliphatic carbocycles. The molecule has 1 atom stereocenters. The molecule has 1 rings (SSSR count). The predicted octanol–water partition coefficient (Wildman–Crippen LogP) is 6.98. The summed E-state index contributed by atoms with van der Waals surface area (Å²) < 4.78 is 10.7. The summed E-state index contributed by atoms with van der Waals surface area (Å²) in [5.41, 5.74) is 0.688. The standard InChI is InChI=1S/C24H41NO3/c1-5-7-9-11-12-14-16-20(15-13-10-8-6-2)24(26)25-22-19-21(27-3)17-18-23(22)28-4/h17-20H,5-16H2,1-4H3,(H,25,26). The van der Waals surface area contributed by atoms with E-state index in [4.69, 9.17) is 9.47 Å². The van der Waals surface area contributed by atoms with E-state index in [-0.39, 0.29) is 11.8 Å². The molecule has 1 N–H and O–H groups in total. The van der Waals surface area contributed by atoms with Crippen LogP contribution in [0.3, 0.4) is 0 Å². The smallest absolute Gasteiger partial charge is 0.227 e. The van der Waals surface area contributed by atoms with Gasteiger partial charge in [0.2, 0.25) is 5.91 Å². The Bertz CT molecular complexity index is 545. The van der Waals surface area contributed by atoms with E-state index in [1.807, 2.05) is 18.2 Å². The Balaban J connectivity index is 2.66. The van der Waals surface area contributed by atoms with Crippen LogP contribution in [-0.4, -0.2) is 20.1 Å². The normalized spacial score (nSPS) is 11.9. The molecule has 0 bridgehead atoms. The van der Waals surface area contributed by atoms with Crippen molar-refractivity contribution < 1.29 is 14.3 Å². The number of nitrogens with one attached hydrogen (secondary N) is 1. The van der Waals surface area contributed by atoms with Gasteiger partial charge < -0.3 is 14.8 Å². The second kappa shape index (κ2) is 15.2. The first-order valence-corrected chi connectivity index (χ1v) is 11.2. The molecule has 28 heavy (non-hydrogen) atoms. The van der Waals surface area contributed by atoms with Crippen molar-refractivity contribution in [2.45, 2.75) is 90.9 Å². The minimum Gasteiger partial charge on any atom is -0.497 e. The predicted molar refractivity (Wildman–Crippen MR) is 118 cm³/mol. The summed E-state index contributed by atoms with van der Waals surface area (Å²) >= 11 is 0. The maximum absolute atomic E-state index is 13.0. The topological polar surface area (TPSA) is 47.6 Å². The summed E-state index contributed by atoms with van der Waals surface area (Å²) in [6.07, 6.45) is 14.3. The Labute approximate surface area is 172 Å². The summed E-state index contributed by atoms with van der Waals surface area (Å²) in [7, 11) is 3.25. The van der Waals surface area contributed by atoms with Crippen molar-refractivity contribution >= 4 is 11.6 Å². The van der Waals surface area contributed by atoms with Crippen molar-refractivity contribution in [2.24, 2.45) is 5.92 Å².